The predicted molar refractivity (Wildman–Crippen MR) is 137 cm³/mol. The summed E-state index contributed by atoms with van der Waals surface area (Å²) in [5, 5.41) is 3.36. The van der Waals surface area contributed by atoms with Crippen molar-refractivity contribution in [3.05, 3.63) is 79.4 Å². The normalized spacial score (nSPS) is 17.8. The van der Waals surface area contributed by atoms with Gasteiger partial charge in [-0.3, -0.25) is 13.9 Å². The molecule has 0 fully saturated rings. The van der Waals surface area contributed by atoms with Crippen LogP contribution in [0.5, 0.6) is 0 Å². The van der Waals surface area contributed by atoms with E-state index in [0.29, 0.717) is 28.4 Å². The molecule has 5 aromatic rings. The summed E-state index contributed by atoms with van der Waals surface area (Å²) in [6, 6.07) is 3.57. The van der Waals surface area contributed by atoms with Gasteiger partial charge in [0, 0.05) is 55.9 Å². The number of aromatic nitrogens is 6. The van der Waals surface area contributed by atoms with Gasteiger partial charge in [-0.05, 0) is 30.7 Å². The molecule has 0 bridgehead atoms. The zero-order valence-corrected chi connectivity index (χ0v) is 21.5. The average Bonchev–Trinajstić information content (AvgIpc) is 3.63. The number of thioether (sulfide) groups is 1. The van der Waals surface area contributed by atoms with Crippen LogP contribution in [0.1, 0.15) is 22.4 Å². The van der Waals surface area contributed by atoms with Crippen LogP contribution in [-0.4, -0.2) is 33.5 Å². The molecule has 6 rings (SSSR count). The number of imidazole rings is 1. The predicted octanol–water partition coefficient (Wildman–Crippen LogP) is 3.82. The molecule has 0 N–H and O–H groups in total. The minimum absolute atomic E-state index is 0.132. The summed E-state index contributed by atoms with van der Waals surface area (Å²) < 4.78 is 12.8. The van der Waals surface area contributed by atoms with Crippen molar-refractivity contribution in [3.8, 4) is 10.7 Å². The fraction of sp³-hybridized carbons (Fsp3) is 0.304. The van der Waals surface area contributed by atoms with E-state index in [-0.39, 0.29) is 21.7 Å². The maximum absolute atomic E-state index is 13.6. The Morgan fingerprint density at radius 3 is 2.71 bits per heavy atom. The van der Waals surface area contributed by atoms with E-state index in [0.717, 1.165) is 33.2 Å². The maximum Gasteiger partial charge on any atom is 0.331 e. The molecule has 0 saturated carbocycles. The molecular weight excluding hydrogens is 508 g/mol. The largest absolute Gasteiger partial charge is 0.448 e. The van der Waals surface area contributed by atoms with Crippen LogP contribution in [0, 0.1) is 6.92 Å². The van der Waals surface area contributed by atoms with Crippen LogP contribution in [0.15, 0.2) is 50.2 Å². The average molecular weight is 529 g/mol. The van der Waals surface area contributed by atoms with Crippen LogP contribution < -0.4 is 11.2 Å². The van der Waals surface area contributed by atoms with Gasteiger partial charge in [-0.2, -0.15) is 0 Å². The molecule has 2 atom stereocenters. The standard InChI is InChI=1S/C23H21ClN6O3S2/c1-12-10-34-21(26-12)18-16-17(27(2)23(32)28(3)22(16)31)19-20(14-4-5-15(24)33-14)35-13(9-30(18)19)8-29-7-6-25-11-29/h4-7,10-11,13,20H,8-9H2,1-3H3/t13-,20?/m0/s1. The van der Waals surface area contributed by atoms with Crippen molar-refractivity contribution in [1.82, 2.24) is 28.2 Å². The van der Waals surface area contributed by atoms with Gasteiger partial charge < -0.3 is 13.6 Å². The summed E-state index contributed by atoms with van der Waals surface area (Å²) in [6.45, 7) is 3.28. The monoisotopic (exact) mass is 528 g/mol. The van der Waals surface area contributed by atoms with Gasteiger partial charge in [0.15, 0.2) is 5.22 Å². The van der Waals surface area contributed by atoms with E-state index < -0.39 is 0 Å². The third-order valence-corrected chi connectivity index (χ3v) is 8.90. The first-order valence-corrected chi connectivity index (χ1v) is 13.1. The molecule has 0 radical (unpaired) electrons. The zero-order valence-electron chi connectivity index (χ0n) is 19.1. The highest BCUT2D eigenvalue weighted by molar-refractivity contribution is 8.00. The Morgan fingerprint density at radius 1 is 1.23 bits per heavy atom. The van der Waals surface area contributed by atoms with E-state index in [1.807, 2.05) is 29.1 Å². The lowest BCUT2D eigenvalue weighted by molar-refractivity contribution is 0.497. The minimum Gasteiger partial charge on any atom is -0.448 e. The first kappa shape index (κ1) is 22.4. The quantitative estimate of drug-likeness (QED) is 0.352. The molecule has 0 spiro atoms. The molecule has 6 heterocycles. The third-order valence-electron chi connectivity index (χ3n) is 6.32. The molecule has 1 aliphatic heterocycles. The van der Waals surface area contributed by atoms with E-state index in [9.17, 15) is 9.59 Å². The second-order valence-corrected chi connectivity index (χ2v) is 11.2. The highest BCUT2D eigenvalue weighted by atomic mass is 35.5. The van der Waals surface area contributed by atoms with Crippen LogP contribution >= 0.6 is 34.7 Å². The van der Waals surface area contributed by atoms with Gasteiger partial charge in [0.1, 0.15) is 16.0 Å². The highest BCUT2D eigenvalue weighted by Gasteiger charge is 2.38. The Hall–Kier alpha value is -3.02. The number of furan rings is 1. The molecule has 0 saturated heterocycles. The fourth-order valence-electron chi connectivity index (χ4n) is 4.79. The van der Waals surface area contributed by atoms with Gasteiger partial charge in [-0.15, -0.1) is 23.1 Å². The van der Waals surface area contributed by atoms with Gasteiger partial charge in [-0.1, -0.05) is 0 Å². The molecule has 12 heteroatoms. The Kier molecular flexibility index (Phi) is 5.31. The summed E-state index contributed by atoms with van der Waals surface area (Å²) >= 11 is 9.39. The second-order valence-electron chi connectivity index (χ2n) is 8.61. The van der Waals surface area contributed by atoms with E-state index in [2.05, 4.69) is 9.55 Å². The molecule has 0 aromatic carbocycles. The lowest BCUT2D eigenvalue weighted by Crippen LogP contribution is -2.37. The molecule has 1 aliphatic rings. The van der Waals surface area contributed by atoms with Crippen molar-refractivity contribution in [2.75, 3.05) is 0 Å². The van der Waals surface area contributed by atoms with Crippen molar-refractivity contribution < 1.29 is 4.42 Å². The van der Waals surface area contributed by atoms with Crippen LogP contribution in [-0.2, 0) is 27.2 Å². The molecule has 35 heavy (non-hydrogen) atoms. The summed E-state index contributed by atoms with van der Waals surface area (Å²) in [4.78, 5) is 35.5. The topological polar surface area (TPSA) is 92.8 Å². The van der Waals surface area contributed by atoms with Gasteiger partial charge in [0.25, 0.3) is 5.56 Å². The highest BCUT2D eigenvalue weighted by Crippen LogP contribution is 2.49. The molecule has 0 amide bonds. The summed E-state index contributed by atoms with van der Waals surface area (Å²) in [5.74, 6) is 0.672. The van der Waals surface area contributed by atoms with E-state index >= 15 is 0 Å². The number of halogens is 1. The maximum atomic E-state index is 13.6. The number of fused-ring (bicyclic) bond motifs is 3. The summed E-state index contributed by atoms with van der Waals surface area (Å²) in [7, 11) is 3.22. The smallest absolute Gasteiger partial charge is 0.331 e. The first-order valence-electron chi connectivity index (χ1n) is 10.9. The van der Waals surface area contributed by atoms with Crippen molar-refractivity contribution in [3.63, 3.8) is 0 Å². The van der Waals surface area contributed by atoms with Crippen molar-refractivity contribution in [2.45, 2.75) is 30.5 Å². The fourth-order valence-corrected chi connectivity index (χ4v) is 7.30. The van der Waals surface area contributed by atoms with E-state index in [1.165, 1.54) is 18.4 Å². The number of hydrogen-bond acceptors (Lipinski definition) is 7. The first-order chi connectivity index (χ1) is 16.8. The van der Waals surface area contributed by atoms with Gasteiger partial charge in [0.2, 0.25) is 0 Å². The molecule has 9 nitrogen and oxygen atoms in total. The molecule has 0 aliphatic carbocycles. The lowest BCUT2D eigenvalue weighted by atomic mass is 10.2. The van der Waals surface area contributed by atoms with Gasteiger partial charge in [-0.25, -0.2) is 14.8 Å². The molecular formula is C23H21ClN6O3S2. The number of hydrogen-bond donors (Lipinski definition) is 0. The minimum atomic E-state index is -0.375. The van der Waals surface area contributed by atoms with Crippen LogP contribution in [0.25, 0.3) is 21.6 Å². The molecule has 5 aromatic heterocycles. The number of aryl methyl sites for hydroxylation is 2. The van der Waals surface area contributed by atoms with Gasteiger partial charge >= 0.3 is 5.69 Å². The van der Waals surface area contributed by atoms with Crippen molar-refractivity contribution >= 4 is 45.6 Å². The number of nitrogens with zero attached hydrogens (tertiary/aromatic N) is 6. The van der Waals surface area contributed by atoms with Crippen molar-refractivity contribution in [1.29, 1.82) is 0 Å². The van der Waals surface area contributed by atoms with Crippen LogP contribution in [0.2, 0.25) is 5.22 Å². The second kappa shape index (κ2) is 8.28. The van der Waals surface area contributed by atoms with Crippen LogP contribution in [0.4, 0.5) is 0 Å². The Bertz CT molecular complexity index is 1690. The van der Waals surface area contributed by atoms with Crippen molar-refractivity contribution in [2.24, 2.45) is 14.1 Å². The zero-order chi connectivity index (χ0) is 24.4. The number of thiazole rings is 1. The number of rotatable bonds is 4. The molecule has 180 valence electrons. The molecule has 1 unspecified atom stereocenters. The van der Waals surface area contributed by atoms with Crippen LogP contribution in [0.3, 0.4) is 0 Å². The Balaban J connectivity index is 1.69. The third kappa shape index (κ3) is 3.52. The SMILES string of the molecule is Cc1csc(-c2c3c(=O)n(C)c(=O)n(C)c3c3n2C[C@H](Cn2ccnc2)SC3c2ccc(Cl)o2)n1. The Morgan fingerprint density at radius 2 is 2.06 bits per heavy atom. The van der Waals surface area contributed by atoms with E-state index in [4.69, 9.17) is 21.0 Å². The lowest BCUT2D eigenvalue weighted by Gasteiger charge is -2.31. The van der Waals surface area contributed by atoms with Gasteiger partial charge in [0.05, 0.1) is 28.6 Å². The summed E-state index contributed by atoms with van der Waals surface area (Å²) in [5.41, 5.74) is 2.36. The van der Waals surface area contributed by atoms with E-state index in [1.54, 1.807) is 42.0 Å². The Labute approximate surface area is 212 Å². The summed E-state index contributed by atoms with van der Waals surface area (Å²) in [6.07, 6.45) is 5.49.